The largest absolute Gasteiger partial charge is 0.320 e. The van der Waals surface area contributed by atoms with Gasteiger partial charge < -0.3 is 5.32 Å². The Morgan fingerprint density at radius 2 is 1.83 bits per heavy atom. The van der Waals surface area contributed by atoms with E-state index >= 15 is 0 Å². The van der Waals surface area contributed by atoms with Crippen molar-refractivity contribution < 1.29 is 14.4 Å². The number of fused-ring (bicyclic) bond motifs is 1. The Morgan fingerprint density at radius 1 is 1.12 bits per heavy atom. The number of amides is 3. The van der Waals surface area contributed by atoms with Crippen LogP contribution < -0.4 is 5.32 Å². The Balaban J connectivity index is 1.91. The van der Waals surface area contributed by atoms with Crippen molar-refractivity contribution in [3.63, 3.8) is 0 Å². The maximum atomic E-state index is 12.4. The molecule has 0 aliphatic carbocycles. The van der Waals surface area contributed by atoms with E-state index in [1.807, 2.05) is 0 Å². The third-order valence-electron chi connectivity index (χ3n) is 3.95. The van der Waals surface area contributed by atoms with E-state index in [1.165, 1.54) is 17.0 Å². The zero-order chi connectivity index (χ0) is 17.4. The molecule has 0 unspecified atom stereocenters. The lowest BCUT2D eigenvalue weighted by atomic mass is 10.1. The van der Waals surface area contributed by atoms with Gasteiger partial charge in [-0.15, -0.1) is 0 Å². The van der Waals surface area contributed by atoms with E-state index < -0.39 is 0 Å². The van der Waals surface area contributed by atoms with Gasteiger partial charge in [0.2, 0.25) is 0 Å². The molecule has 24 heavy (non-hydrogen) atoms. The summed E-state index contributed by atoms with van der Waals surface area (Å²) in [4.78, 5) is 42.4. The number of nitrogens with zero attached hydrogens (tertiary/aromatic N) is 2. The Labute approximate surface area is 139 Å². The first-order valence-corrected chi connectivity index (χ1v) is 7.65. The minimum absolute atomic E-state index is 0.229. The van der Waals surface area contributed by atoms with Gasteiger partial charge >= 0.3 is 0 Å². The van der Waals surface area contributed by atoms with Gasteiger partial charge in [0.05, 0.1) is 22.5 Å². The average molecular weight is 323 g/mol. The molecule has 1 aliphatic rings. The minimum Gasteiger partial charge on any atom is -0.320 e. The molecule has 0 fully saturated rings. The van der Waals surface area contributed by atoms with Crippen molar-refractivity contribution in [1.82, 2.24) is 9.88 Å². The fourth-order valence-corrected chi connectivity index (χ4v) is 2.68. The highest BCUT2D eigenvalue weighted by molar-refractivity contribution is 6.22. The maximum Gasteiger partial charge on any atom is 0.261 e. The quantitative estimate of drug-likeness (QED) is 0.881. The van der Waals surface area contributed by atoms with E-state index in [-0.39, 0.29) is 29.3 Å². The molecule has 3 amide bonds. The van der Waals surface area contributed by atoms with Gasteiger partial charge in [-0.3, -0.25) is 24.3 Å². The molecule has 0 spiro atoms. The number of nitrogens with one attached hydrogen (secondary N) is 1. The number of rotatable bonds is 3. The van der Waals surface area contributed by atoms with Crippen LogP contribution in [0.3, 0.4) is 0 Å². The van der Waals surface area contributed by atoms with E-state index in [0.717, 1.165) is 0 Å². The molecule has 1 N–H and O–H groups in total. The predicted octanol–water partition coefficient (Wildman–Crippen LogP) is 2.65. The number of carbonyl (C=O) groups excluding carboxylic acids is 3. The van der Waals surface area contributed by atoms with Gasteiger partial charge in [0.1, 0.15) is 0 Å². The summed E-state index contributed by atoms with van der Waals surface area (Å²) in [5.41, 5.74) is 2.23. The van der Waals surface area contributed by atoms with Crippen LogP contribution in [0.4, 0.5) is 5.69 Å². The zero-order valence-corrected chi connectivity index (χ0v) is 13.7. The van der Waals surface area contributed by atoms with Crippen molar-refractivity contribution in [2.75, 3.05) is 5.32 Å². The summed E-state index contributed by atoms with van der Waals surface area (Å²) in [7, 11) is 0. The van der Waals surface area contributed by atoms with Crippen LogP contribution in [-0.4, -0.2) is 33.6 Å². The zero-order valence-electron chi connectivity index (χ0n) is 13.7. The number of aryl methyl sites for hydroxylation is 1. The highest BCUT2D eigenvalue weighted by Gasteiger charge is 2.37. The second-order valence-electron chi connectivity index (χ2n) is 5.92. The van der Waals surface area contributed by atoms with Crippen LogP contribution in [0.5, 0.6) is 0 Å². The van der Waals surface area contributed by atoms with E-state index in [9.17, 15) is 14.4 Å². The van der Waals surface area contributed by atoms with Crippen molar-refractivity contribution in [3.8, 4) is 0 Å². The number of imide groups is 1. The summed E-state index contributed by atoms with van der Waals surface area (Å²) in [6, 6.07) is 7.81. The van der Waals surface area contributed by atoms with Gasteiger partial charge in [0.25, 0.3) is 17.7 Å². The van der Waals surface area contributed by atoms with Gasteiger partial charge in [-0.05, 0) is 51.1 Å². The second-order valence-corrected chi connectivity index (χ2v) is 5.92. The van der Waals surface area contributed by atoms with Crippen LogP contribution in [0.15, 0.2) is 36.5 Å². The molecule has 1 aliphatic heterocycles. The van der Waals surface area contributed by atoms with Crippen LogP contribution in [0.25, 0.3) is 0 Å². The highest BCUT2D eigenvalue weighted by Crippen LogP contribution is 2.26. The molecule has 3 rings (SSSR count). The van der Waals surface area contributed by atoms with E-state index in [0.29, 0.717) is 22.5 Å². The van der Waals surface area contributed by atoms with E-state index in [4.69, 9.17) is 0 Å². The second kappa shape index (κ2) is 5.88. The van der Waals surface area contributed by atoms with Crippen molar-refractivity contribution >= 4 is 23.4 Å². The van der Waals surface area contributed by atoms with Crippen molar-refractivity contribution in [1.29, 1.82) is 0 Å². The van der Waals surface area contributed by atoms with E-state index in [2.05, 4.69) is 10.3 Å². The smallest absolute Gasteiger partial charge is 0.261 e. The van der Waals surface area contributed by atoms with Crippen LogP contribution in [-0.2, 0) is 0 Å². The fourth-order valence-electron chi connectivity index (χ4n) is 2.68. The first kappa shape index (κ1) is 15.9. The SMILES string of the molecule is Cc1ncccc1NC(=O)c1ccc2c(c1)C(=O)N(C(C)C)C2=O. The predicted molar refractivity (Wildman–Crippen MR) is 89.0 cm³/mol. The molecule has 2 heterocycles. The number of carbonyl (C=O) groups is 3. The first-order chi connectivity index (χ1) is 11.4. The Kier molecular flexibility index (Phi) is 3.89. The monoisotopic (exact) mass is 323 g/mol. The summed E-state index contributed by atoms with van der Waals surface area (Å²) in [5, 5.41) is 2.77. The standard InChI is InChI=1S/C18H17N3O3/c1-10(2)21-17(23)13-7-6-12(9-14(13)18(21)24)16(22)20-15-5-4-8-19-11(15)3/h4-10H,1-3H3,(H,20,22). The average Bonchev–Trinajstić information content (AvgIpc) is 2.80. The molecule has 0 radical (unpaired) electrons. The molecule has 0 bridgehead atoms. The van der Waals surface area contributed by atoms with Crippen LogP contribution in [0, 0.1) is 6.92 Å². The molecule has 0 atom stereocenters. The third kappa shape index (κ3) is 2.56. The highest BCUT2D eigenvalue weighted by atomic mass is 16.2. The molecule has 1 aromatic carbocycles. The summed E-state index contributed by atoms with van der Waals surface area (Å²) < 4.78 is 0. The topological polar surface area (TPSA) is 79.4 Å². The molecule has 0 saturated heterocycles. The Hall–Kier alpha value is -3.02. The number of benzene rings is 1. The molecule has 0 saturated carbocycles. The van der Waals surface area contributed by atoms with Gasteiger partial charge in [-0.2, -0.15) is 0 Å². The number of anilines is 1. The number of aromatic nitrogens is 1. The summed E-state index contributed by atoms with van der Waals surface area (Å²) in [6.07, 6.45) is 1.64. The van der Waals surface area contributed by atoms with Crippen LogP contribution in [0.1, 0.15) is 50.6 Å². The molecule has 2 aromatic rings. The van der Waals surface area contributed by atoms with Gasteiger partial charge in [-0.1, -0.05) is 0 Å². The van der Waals surface area contributed by atoms with Crippen LogP contribution in [0.2, 0.25) is 0 Å². The lowest BCUT2D eigenvalue weighted by molar-refractivity contribution is 0.0609. The summed E-state index contributed by atoms with van der Waals surface area (Å²) in [6.45, 7) is 5.35. The van der Waals surface area contributed by atoms with Gasteiger partial charge in [0, 0.05) is 17.8 Å². The Bertz CT molecular complexity index is 858. The summed E-state index contributed by atoms with van der Waals surface area (Å²) >= 11 is 0. The number of pyridine rings is 1. The Morgan fingerprint density at radius 3 is 2.50 bits per heavy atom. The number of hydrogen-bond acceptors (Lipinski definition) is 4. The lowest BCUT2D eigenvalue weighted by Crippen LogP contribution is -2.35. The van der Waals surface area contributed by atoms with Crippen molar-refractivity contribution in [3.05, 3.63) is 58.9 Å². The van der Waals surface area contributed by atoms with Gasteiger partial charge in [0.15, 0.2) is 0 Å². The van der Waals surface area contributed by atoms with Crippen molar-refractivity contribution in [2.24, 2.45) is 0 Å². The van der Waals surface area contributed by atoms with Crippen LogP contribution >= 0.6 is 0 Å². The third-order valence-corrected chi connectivity index (χ3v) is 3.95. The lowest BCUT2D eigenvalue weighted by Gasteiger charge is -2.17. The van der Waals surface area contributed by atoms with Gasteiger partial charge in [-0.25, -0.2) is 0 Å². The molecular weight excluding hydrogens is 306 g/mol. The maximum absolute atomic E-state index is 12.4. The molecule has 6 heteroatoms. The molecule has 6 nitrogen and oxygen atoms in total. The first-order valence-electron chi connectivity index (χ1n) is 7.65. The number of hydrogen-bond donors (Lipinski definition) is 1. The molecule has 122 valence electrons. The fraction of sp³-hybridized carbons (Fsp3) is 0.222. The van der Waals surface area contributed by atoms with E-state index in [1.54, 1.807) is 45.2 Å². The van der Waals surface area contributed by atoms with Crippen molar-refractivity contribution in [2.45, 2.75) is 26.8 Å². The molecule has 1 aromatic heterocycles. The normalized spacial score (nSPS) is 13.4. The summed E-state index contributed by atoms with van der Waals surface area (Å²) in [5.74, 6) is -1.03. The molecular formula is C18H17N3O3. The minimum atomic E-state index is -0.364.